The fourth-order valence-electron chi connectivity index (χ4n) is 2.82. The SMILES string of the molecule is CC1=C(C)C2CC(C1=O)C2(C)C. The summed E-state index contributed by atoms with van der Waals surface area (Å²) in [6.07, 6.45) is 1.11. The van der Waals surface area contributed by atoms with Crippen molar-refractivity contribution in [2.45, 2.75) is 34.1 Å². The minimum absolute atomic E-state index is 0.251. The van der Waals surface area contributed by atoms with Gasteiger partial charge in [-0.3, -0.25) is 4.79 Å². The van der Waals surface area contributed by atoms with Gasteiger partial charge in [-0.15, -0.1) is 0 Å². The number of rotatable bonds is 0. The maximum Gasteiger partial charge on any atom is 0.162 e. The van der Waals surface area contributed by atoms with E-state index in [9.17, 15) is 4.79 Å². The molecule has 0 radical (unpaired) electrons. The molecule has 0 aromatic rings. The Bertz CT molecular complexity index is 283. The number of hydrogen-bond acceptors (Lipinski definition) is 1. The summed E-state index contributed by atoms with van der Waals surface area (Å²) >= 11 is 0. The van der Waals surface area contributed by atoms with Crippen molar-refractivity contribution < 1.29 is 4.79 Å². The van der Waals surface area contributed by atoms with Gasteiger partial charge in [0.25, 0.3) is 0 Å². The number of hydrogen-bond donors (Lipinski definition) is 0. The largest absolute Gasteiger partial charge is 0.294 e. The van der Waals surface area contributed by atoms with Crippen molar-refractivity contribution in [3.05, 3.63) is 11.1 Å². The van der Waals surface area contributed by atoms with Crippen molar-refractivity contribution in [3.8, 4) is 0 Å². The number of Topliss-reactive ketones (excluding diaryl/α,β-unsaturated/α-hetero) is 1. The molecule has 2 unspecified atom stereocenters. The summed E-state index contributed by atoms with van der Waals surface area (Å²) in [5.41, 5.74) is 2.63. The maximum absolute atomic E-state index is 11.7. The van der Waals surface area contributed by atoms with Gasteiger partial charge in [-0.05, 0) is 37.2 Å². The van der Waals surface area contributed by atoms with E-state index in [1.54, 1.807) is 0 Å². The highest BCUT2D eigenvalue weighted by Gasteiger charge is 2.55. The van der Waals surface area contributed by atoms with Crippen molar-refractivity contribution in [1.29, 1.82) is 0 Å². The third-order valence-electron chi connectivity index (χ3n) is 4.07. The van der Waals surface area contributed by atoms with E-state index in [1.165, 1.54) is 5.57 Å². The molecule has 1 heteroatoms. The monoisotopic (exact) mass is 164 g/mol. The maximum atomic E-state index is 11.7. The van der Waals surface area contributed by atoms with Gasteiger partial charge >= 0.3 is 0 Å². The Hall–Kier alpha value is -0.590. The van der Waals surface area contributed by atoms with Crippen molar-refractivity contribution in [1.82, 2.24) is 0 Å². The van der Waals surface area contributed by atoms with E-state index in [0.29, 0.717) is 17.6 Å². The first-order valence-electron chi connectivity index (χ1n) is 4.68. The summed E-state index contributed by atoms with van der Waals surface area (Å²) in [5.74, 6) is 1.41. The molecule has 1 fully saturated rings. The van der Waals surface area contributed by atoms with Crippen molar-refractivity contribution >= 4 is 5.78 Å². The van der Waals surface area contributed by atoms with Gasteiger partial charge in [0, 0.05) is 5.92 Å². The van der Waals surface area contributed by atoms with Gasteiger partial charge < -0.3 is 0 Å². The van der Waals surface area contributed by atoms with E-state index in [0.717, 1.165) is 12.0 Å². The van der Waals surface area contributed by atoms with Gasteiger partial charge in [0.1, 0.15) is 0 Å². The van der Waals surface area contributed by atoms with Crippen LogP contribution in [0.1, 0.15) is 34.1 Å². The van der Waals surface area contributed by atoms with Crippen LogP contribution in [0.15, 0.2) is 11.1 Å². The molecule has 0 amide bonds. The summed E-state index contributed by atoms with van der Waals surface area (Å²) in [5, 5.41) is 0. The first-order valence-corrected chi connectivity index (χ1v) is 4.68. The number of carbonyl (C=O) groups excluding carboxylic acids is 1. The molecule has 0 heterocycles. The second-order valence-electron chi connectivity index (χ2n) is 4.83. The summed E-state index contributed by atoms with van der Waals surface area (Å²) in [6.45, 7) is 8.54. The molecule has 2 atom stereocenters. The summed E-state index contributed by atoms with van der Waals surface area (Å²) < 4.78 is 0. The molecule has 2 bridgehead atoms. The molecule has 0 aromatic heterocycles. The van der Waals surface area contributed by atoms with Crippen molar-refractivity contribution in [2.24, 2.45) is 17.3 Å². The van der Waals surface area contributed by atoms with Gasteiger partial charge in [0.15, 0.2) is 5.78 Å². The molecule has 3 aliphatic carbocycles. The second kappa shape index (κ2) is 2.01. The quantitative estimate of drug-likeness (QED) is 0.537. The smallest absolute Gasteiger partial charge is 0.162 e. The van der Waals surface area contributed by atoms with Gasteiger partial charge in [0.05, 0.1) is 0 Å². The first kappa shape index (κ1) is 8.03. The lowest BCUT2D eigenvalue weighted by atomic mass is 9.47. The fourth-order valence-corrected chi connectivity index (χ4v) is 2.82. The normalized spacial score (nSPS) is 38.2. The third-order valence-corrected chi connectivity index (χ3v) is 4.07. The van der Waals surface area contributed by atoms with Crippen LogP contribution in [-0.2, 0) is 4.79 Å². The Labute approximate surface area is 73.8 Å². The highest BCUT2D eigenvalue weighted by Crippen LogP contribution is 2.59. The van der Waals surface area contributed by atoms with Gasteiger partial charge in [-0.2, -0.15) is 0 Å². The minimum atomic E-state index is 0.251. The Balaban J connectivity index is 2.48. The topological polar surface area (TPSA) is 17.1 Å². The highest BCUT2D eigenvalue weighted by atomic mass is 16.1. The van der Waals surface area contributed by atoms with Crippen LogP contribution < -0.4 is 0 Å². The minimum Gasteiger partial charge on any atom is -0.294 e. The van der Waals surface area contributed by atoms with Crippen LogP contribution in [0.25, 0.3) is 0 Å². The Morgan fingerprint density at radius 3 is 2.25 bits per heavy atom. The second-order valence-corrected chi connectivity index (χ2v) is 4.83. The molecule has 3 rings (SSSR count). The van der Waals surface area contributed by atoms with E-state index in [1.807, 2.05) is 6.92 Å². The van der Waals surface area contributed by atoms with Crippen LogP contribution in [0, 0.1) is 17.3 Å². The Morgan fingerprint density at radius 1 is 1.25 bits per heavy atom. The van der Waals surface area contributed by atoms with Crippen LogP contribution in [-0.4, -0.2) is 5.78 Å². The zero-order valence-corrected chi connectivity index (χ0v) is 8.27. The van der Waals surface area contributed by atoms with Crippen molar-refractivity contribution in [3.63, 3.8) is 0 Å². The average Bonchev–Trinajstić information content (AvgIpc) is 1.98. The van der Waals surface area contributed by atoms with E-state index < -0.39 is 0 Å². The summed E-state index contributed by atoms with van der Waals surface area (Å²) in [6, 6.07) is 0. The van der Waals surface area contributed by atoms with Crippen LogP contribution in [0.3, 0.4) is 0 Å². The van der Waals surface area contributed by atoms with E-state index in [4.69, 9.17) is 0 Å². The van der Waals surface area contributed by atoms with Crippen molar-refractivity contribution in [2.75, 3.05) is 0 Å². The van der Waals surface area contributed by atoms with Crippen LogP contribution >= 0.6 is 0 Å². The number of ketones is 1. The summed E-state index contributed by atoms with van der Waals surface area (Å²) in [7, 11) is 0. The first-order chi connectivity index (χ1) is 5.46. The van der Waals surface area contributed by atoms with Crippen LogP contribution in [0.4, 0.5) is 0 Å². The molecule has 1 saturated carbocycles. The van der Waals surface area contributed by atoms with Crippen LogP contribution in [0.5, 0.6) is 0 Å². The molecular formula is C11H16O. The zero-order chi connectivity index (χ0) is 9.09. The number of carbonyl (C=O) groups is 1. The average molecular weight is 164 g/mol. The van der Waals surface area contributed by atoms with Crippen LogP contribution in [0.2, 0.25) is 0 Å². The van der Waals surface area contributed by atoms with E-state index in [-0.39, 0.29) is 5.41 Å². The predicted molar refractivity (Wildman–Crippen MR) is 48.8 cm³/mol. The lowest BCUT2D eigenvalue weighted by molar-refractivity contribution is -0.135. The number of allylic oxidation sites excluding steroid dienone is 2. The third kappa shape index (κ3) is 0.675. The lowest BCUT2D eigenvalue weighted by Gasteiger charge is -2.56. The predicted octanol–water partition coefficient (Wildman–Crippen LogP) is 2.57. The zero-order valence-electron chi connectivity index (χ0n) is 8.27. The molecular weight excluding hydrogens is 148 g/mol. The standard InChI is InChI=1S/C11H16O/c1-6-7(2)10(12)9-5-8(6)11(9,3)4/h8-9H,5H2,1-4H3. The Morgan fingerprint density at radius 2 is 1.83 bits per heavy atom. The van der Waals surface area contributed by atoms with Gasteiger partial charge in [0.2, 0.25) is 0 Å². The summed E-state index contributed by atoms with van der Waals surface area (Å²) in [4.78, 5) is 11.7. The molecule has 3 aliphatic rings. The van der Waals surface area contributed by atoms with E-state index in [2.05, 4.69) is 20.8 Å². The Kier molecular flexibility index (Phi) is 1.35. The molecule has 1 nitrogen and oxygen atoms in total. The van der Waals surface area contributed by atoms with Gasteiger partial charge in [-0.1, -0.05) is 19.4 Å². The van der Waals surface area contributed by atoms with Gasteiger partial charge in [-0.25, -0.2) is 0 Å². The molecule has 0 saturated heterocycles. The lowest BCUT2D eigenvalue weighted by Crippen LogP contribution is -2.53. The number of fused-ring (bicyclic) bond motifs is 1. The fraction of sp³-hybridized carbons (Fsp3) is 0.727. The molecule has 0 N–H and O–H groups in total. The molecule has 0 aliphatic heterocycles. The highest BCUT2D eigenvalue weighted by molar-refractivity contribution is 6.00. The molecule has 12 heavy (non-hydrogen) atoms. The molecule has 0 spiro atoms. The van der Waals surface area contributed by atoms with E-state index >= 15 is 0 Å². The molecule has 0 aromatic carbocycles. The molecule has 66 valence electrons.